The Morgan fingerprint density at radius 1 is 1.23 bits per heavy atom. The van der Waals surface area contributed by atoms with Crippen molar-refractivity contribution in [3.63, 3.8) is 0 Å². The van der Waals surface area contributed by atoms with Gasteiger partial charge in [0.2, 0.25) is 0 Å². The molecule has 4 N–H and O–H groups in total. The summed E-state index contributed by atoms with van der Waals surface area (Å²) in [5.41, 5.74) is 6.85. The van der Waals surface area contributed by atoms with Crippen molar-refractivity contribution in [2.45, 2.75) is 32.7 Å². The van der Waals surface area contributed by atoms with Crippen LogP contribution in [0.5, 0.6) is 0 Å². The van der Waals surface area contributed by atoms with Crippen molar-refractivity contribution in [1.29, 1.82) is 0 Å². The van der Waals surface area contributed by atoms with Crippen LogP contribution in [0.3, 0.4) is 0 Å². The van der Waals surface area contributed by atoms with Gasteiger partial charge in [-0.25, -0.2) is 0 Å². The molecule has 0 saturated carbocycles. The fourth-order valence-corrected chi connectivity index (χ4v) is 3.67. The van der Waals surface area contributed by atoms with Crippen molar-refractivity contribution in [2.75, 3.05) is 33.9 Å². The maximum atomic E-state index is 12.7. The molecule has 1 aromatic heterocycles. The zero-order valence-corrected chi connectivity index (χ0v) is 18.3. The smallest absolute Gasteiger partial charge is 0.317 e. The highest BCUT2D eigenvalue weighted by atomic mass is 16.5. The molecule has 9 heteroatoms. The molecule has 31 heavy (non-hydrogen) atoms. The molecule has 1 unspecified atom stereocenters. The van der Waals surface area contributed by atoms with E-state index in [1.807, 2.05) is 12.1 Å². The van der Waals surface area contributed by atoms with E-state index in [4.69, 9.17) is 15.2 Å². The molecule has 0 amide bonds. The van der Waals surface area contributed by atoms with Crippen LogP contribution in [0.1, 0.15) is 24.5 Å². The van der Waals surface area contributed by atoms with Crippen molar-refractivity contribution in [1.82, 2.24) is 19.8 Å². The van der Waals surface area contributed by atoms with Crippen LogP contribution in [0.25, 0.3) is 11.9 Å². The van der Waals surface area contributed by atoms with Crippen LogP contribution in [0.2, 0.25) is 0 Å². The highest BCUT2D eigenvalue weighted by Gasteiger charge is 2.16. The molecule has 168 valence electrons. The van der Waals surface area contributed by atoms with Gasteiger partial charge in [0, 0.05) is 13.7 Å². The van der Waals surface area contributed by atoms with Gasteiger partial charge in [-0.3, -0.25) is 14.2 Å². The molecule has 1 atom stereocenters. The number of fused-ring (bicyclic) bond motifs is 1. The van der Waals surface area contributed by atoms with Gasteiger partial charge in [-0.15, -0.1) is 0 Å². The van der Waals surface area contributed by atoms with Crippen LogP contribution in [0, 0.1) is 0 Å². The van der Waals surface area contributed by atoms with Gasteiger partial charge in [0.05, 0.1) is 25.1 Å². The van der Waals surface area contributed by atoms with Crippen LogP contribution in [-0.2, 0) is 22.6 Å². The minimum atomic E-state index is -0.713. The van der Waals surface area contributed by atoms with E-state index in [1.165, 1.54) is 4.57 Å². The number of aromatic nitrogens is 2. The lowest BCUT2D eigenvalue weighted by atomic mass is 10.1. The summed E-state index contributed by atoms with van der Waals surface area (Å²) in [4.78, 5) is 29.8. The Labute approximate surface area is 180 Å². The molecule has 0 saturated heterocycles. The molecule has 2 aromatic rings. The Kier molecular flexibility index (Phi) is 7.67. The third kappa shape index (κ3) is 5.63. The second kappa shape index (κ2) is 10.4. The van der Waals surface area contributed by atoms with E-state index in [0.717, 1.165) is 30.6 Å². The van der Waals surface area contributed by atoms with Crippen LogP contribution in [0.4, 0.5) is 0 Å². The molecule has 0 fully saturated rings. The van der Waals surface area contributed by atoms with Crippen LogP contribution in [-0.4, -0.2) is 54.6 Å². The van der Waals surface area contributed by atoms with E-state index in [1.54, 1.807) is 13.2 Å². The SMILES string of the molecule is CCCN(C)Cc1cccc(Cn2c(=O)c(=O)[nH]c3c2=CC(OCCOC)NC=3N)c1. The Bertz CT molecular complexity index is 1140. The summed E-state index contributed by atoms with van der Waals surface area (Å²) in [6.07, 6.45) is 2.30. The number of rotatable bonds is 10. The summed E-state index contributed by atoms with van der Waals surface area (Å²) in [7, 11) is 3.67. The molecule has 1 aliphatic heterocycles. The third-order valence-electron chi connectivity index (χ3n) is 5.08. The first-order valence-electron chi connectivity index (χ1n) is 10.4. The Balaban J connectivity index is 1.98. The first-order valence-corrected chi connectivity index (χ1v) is 10.4. The molecule has 1 aromatic carbocycles. The molecule has 9 nitrogen and oxygen atoms in total. The molecular weight excluding hydrogens is 398 g/mol. The predicted molar refractivity (Wildman–Crippen MR) is 120 cm³/mol. The highest BCUT2D eigenvalue weighted by Crippen LogP contribution is 2.08. The van der Waals surface area contributed by atoms with Gasteiger partial charge in [0.1, 0.15) is 11.2 Å². The van der Waals surface area contributed by atoms with Crippen LogP contribution >= 0.6 is 0 Å². The zero-order chi connectivity index (χ0) is 22.4. The number of ether oxygens (including phenoxy) is 2. The first kappa shape index (κ1) is 22.8. The van der Waals surface area contributed by atoms with Crippen LogP contribution < -0.4 is 32.9 Å². The molecular formula is C22H31N5O4. The third-order valence-corrected chi connectivity index (χ3v) is 5.08. The van der Waals surface area contributed by atoms with E-state index in [9.17, 15) is 9.59 Å². The quantitative estimate of drug-likeness (QED) is 0.322. The average Bonchev–Trinajstić information content (AvgIpc) is 2.73. The van der Waals surface area contributed by atoms with E-state index in [2.05, 4.69) is 41.3 Å². The number of nitrogens with two attached hydrogens (primary N) is 1. The number of nitrogens with zero attached hydrogens (tertiary/aromatic N) is 2. The van der Waals surface area contributed by atoms with Crippen molar-refractivity contribution in [2.24, 2.45) is 5.73 Å². The molecule has 0 bridgehead atoms. The number of hydrogen-bond donors (Lipinski definition) is 3. The maximum Gasteiger partial charge on any atom is 0.317 e. The largest absolute Gasteiger partial charge is 0.384 e. The number of aromatic amines is 1. The van der Waals surface area contributed by atoms with Crippen LogP contribution in [0.15, 0.2) is 33.9 Å². The Hall–Kier alpha value is -2.88. The highest BCUT2D eigenvalue weighted by molar-refractivity contribution is 5.45. The Morgan fingerprint density at radius 3 is 2.74 bits per heavy atom. The minimum absolute atomic E-state index is 0.251. The summed E-state index contributed by atoms with van der Waals surface area (Å²) in [5.74, 6) is 0.251. The van der Waals surface area contributed by atoms with Crippen molar-refractivity contribution >= 4 is 11.9 Å². The minimum Gasteiger partial charge on any atom is -0.384 e. The summed E-state index contributed by atoms with van der Waals surface area (Å²) >= 11 is 0. The second-order valence-corrected chi connectivity index (χ2v) is 7.67. The van der Waals surface area contributed by atoms with Gasteiger partial charge in [-0.1, -0.05) is 31.2 Å². The van der Waals surface area contributed by atoms with Crippen molar-refractivity contribution in [3.05, 3.63) is 66.8 Å². The molecule has 3 rings (SSSR count). The number of benzene rings is 1. The van der Waals surface area contributed by atoms with Gasteiger partial charge in [0.25, 0.3) is 0 Å². The molecule has 0 radical (unpaired) electrons. The maximum absolute atomic E-state index is 12.7. The van der Waals surface area contributed by atoms with E-state index in [0.29, 0.717) is 23.9 Å². The molecule has 0 spiro atoms. The Morgan fingerprint density at radius 2 is 2.00 bits per heavy atom. The molecule has 1 aliphatic rings. The van der Waals surface area contributed by atoms with E-state index >= 15 is 0 Å². The van der Waals surface area contributed by atoms with Gasteiger partial charge in [-0.05, 0) is 37.2 Å². The normalized spacial score (nSPS) is 15.5. The number of nitrogens with one attached hydrogen (secondary N) is 2. The lowest BCUT2D eigenvalue weighted by Crippen LogP contribution is -2.59. The number of hydrogen-bond acceptors (Lipinski definition) is 7. The lowest BCUT2D eigenvalue weighted by Gasteiger charge is -2.22. The predicted octanol–water partition coefficient (Wildman–Crippen LogP) is -1.18. The monoisotopic (exact) mass is 429 g/mol. The average molecular weight is 430 g/mol. The lowest BCUT2D eigenvalue weighted by molar-refractivity contribution is 0.0379. The number of H-pyrrole nitrogens is 1. The summed E-state index contributed by atoms with van der Waals surface area (Å²) in [6.45, 7) is 5.01. The second-order valence-electron chi connectivity index (χ2n) is 7.67. The first-order chi connectivity index (χ1) is 14.9. The zero-order valence-electron chi connectivity index (χ0n) is 18.3. The fraction of sp³-hybridized carbons (Fsp3) is 0.455. The summed E-state index contributed by atoms with van der Waals surface area (Å²) in [5, 5.41) is 3.89. The van der Waals surface area contributed by atoms with Crippen molar-refractivity contribution in [3.8, 4) is 0 Å². The van der Waals surface area contributed by atoms with E-state index < -0.39 is 17.3 Å². The molecule has 0 aliphatic carbocycles. The summed E-state index contributed by atoms with van der Waals surface area (Å²) < 4.78 is 12.2. The molecule has 2 heterocycles. The van der Waals surface area contributed by atoms with Crippen molar-refractivity contribution < 1.29 is 9.47 Å². The standard InChI is InChI=1S/C22H31N5O4/c1-4-8-26(2)13-15-6-5-7-16(11-15)14-27-17-12-18(31-10-9-30-3)24-20(23)19(17)25-21(28)22(27)29/h5-7,11-12,18,24H,4,8-10,13-14,23H2,1-3H3,(H,25,28). The van der Waals surface area contributed by atoms with Gasteiger partial charge in [-0.2, -0.15) is 0 Å². The van der Waals surface area contributed by atoms with Gasteiger partial charge >= 0.3 is 11.1 Å². The number of methoxy groups -OCH3 is 1. The topological polar surface area (TPSA) is 115 Å². The fourth-order valence-electron chi connectivity index (χ4n) is 3.67. The van der Waals surface area contributed by atoms with Gasteiger partial charge < -0.3 is 30.4 Å². The van der Waals surface area contributed by atoms with Gasteiger partial charge in [0.15, 0.2) is 6.23 Å². The van der Waals surface area contributed by atoms with E-state index in [-0.39, 0.29) is 12.4 Å². The summed E-state index contributed by atoms with van der Waals surface area (Å²) in [6, 6.07) is 8.04.